The molecule has 15 heavy (non-hydrogen) atoms. The van der Waals surface area contributed by atoms with Gasteiger partial charge in [-0.25, -0.2) is 0 Å². The molecule has 2 atom stereocenters. The van der Waals surface area contributed by atoms with E-state index in [1.54, 1.807) is 6.92 Å². The second kappa shape index (κ2) is 3.32. The summed E-state index contributed by atoms with van der Waals surface area (Å²) in [5.74, 6) is 0. The second-order valence-corrected chi connectivity index (χ2v) is 4.61. The van der Waals surface area contributed by atoms with Crippen molar-refractivity contribution in [2.75, 3.05) is 0 Å². The molecule has 0 saturated carbocycles. The summed E-state index contributed by atoms with van der Waals surface area (Å²) in [6.45, 7) is 3.64. The minimum absolute atomic E-state index is 0.578. The number of aliphatic hydroxyl groups is 2. The van der Waals surface area contributed by atoms with Gasteiger partial charge in [-0.1, -0.05) is 31.2 Å². The minimum atomic E-state index is -1.13. The van der Waals surface area contributed by atoms with Gasteiger partial charge < -0.3 is 10.2 Å². The van der Waals surface area contributed by atoms with Crippen LogP contribution in [-0.2, 0) is 12.0 Å². The molecule has 1 aliphatic rings. The smallest absolute Gasteiger partial charge is 0.116 e. The lowest BCUT2D eigenvalue weighted by Crippen LogP contribution is -2.52. The molecule has 0 fully saturated rings. The molecule has 2 nitrogen and oxygen atoms in total. The quantitative estimate of drug-likeness (QED) is 0.737. The van der Waals surface area contributed by atoms with Crippen LogP contribution in [0.3, 0.4) is 0 Å². The zero-order valence-corrected chi connectivity index (χ0v) is 9.33. The molecule has 0 aliphatic heterocycles. The molecule has 0 amide bonds. The van der Waals surface area contributed by atoms with Crippen molar-refractivity contribution in [3.05, 3.63) is 35.4 Å². The van der Waals surface area contributed by atoms with Crippen LogP contribution >= 0.6 is 0 Å². The van der Waals surface area contributed by atoms with E-state index in [0.717, 1.165) is 17.5 Å². The topological polar surface area (TPSA) is 40.5 Å². The van der Waals surface area contributed by atoms with Crippen LogP contribution < -0.4 is 0 Å². The molecule has 82 valence electrons. The van der Waals surface area contributed by atoms with E-state index < -0.39 is 11.2 Å². The van der Waals surface area contributed by atoms with Crippen LogP contribution in [0.4, 0.5) is 0 Å². The average molecular weight is 206 g/mol. The average Bonchev–Trinajstić information content (AvgIpc) is 2.24. The molecule has 0 heterocycles. The van der Waals surface area contributed by atoms with E-state index in [1.165, 1.54) is 0 Å². The van der Waals surface area contributed by atoms with Crippen molar-refractivity contribution >= 4 is 0 Å². The van der Waals surface area contributed by atoms with Gasteiger partial charge in [0.25, 0.3) is 0 Å². The maximum atomic E-state index is 10.5. The zero-order chi connectivity index (χ0) is 11.1. The van der Waals surface area contributed by atoms with Crippen LogP contribution in [0.5, 0.6) is 0 Å². The maximum Gasteiger partial charge on any atom is 0.116 e. The fourth-order valence-electron chi connectivity index (χ4n) is 2.57. The van der Waals surface area contributed by atoms with Crippen LogP contribution in [0.2, 0.25) is 0 Å². The normalized spacial score (nSPS) is 34.9. The molecular weight excluding hydrogens is 188 g/mol. The first-order valence-electron chi connectivity index (χ1n) is 5.54. The van der Waals surface area contributed by atoms with Gasteiger partial charge in [-0.2, -0.15) is 0 Å². The van der Waals surface area contributed by atoms with E-state index in [1.807, 2.05) is 31.2 Å². The highest BCUT2D eigenvalue weighted by Crippen LogP contribution is 2.43. The summed E-state index contributed by atoms with van der Waals surface area (Å²) in [4.78, 5) is 0. The molecule has 0 radical (unpaired) electrons. The highest BCUT2D eigenvalue weighted by Gasteiger charge is 2.48. The Hall–Kier alpha value is -0.860. The Kier molecular flexibility index (Phi) is 2.36. The van der Waals surface area contributed by atoms with Crippen molar-refractivity contribution in [1.82, 2.24) is 0 Å². The maximum absolute atomic E-state index is 10.5. The summed E-state index contributed by atoms with van der Waals surface area (Å²) in [5.41, 5.74) is -0.0842. The van der Waals surface area contributed by atoms with Crippen LogP contribution in [-0.4, -0.2) is 15.8 Å². The Morgan fingerprint density at radius 1 is 1.27 bits per heavy atom. The van der Waals surface area contributed by atoms with Crippen molar-refractivity contribution in [3.8, 4) is 0 Å². The van der Waals surface area contributed by atoms with Crippen molar-refractivity contribution in [2.45, 2.75) is 44.3 Å². The van der Waals surface area contributed by atoms with Gasteiger partial charge in [-0.05, 0) is 37.3 Å². The molecule has 2 rings (SSSR count). The van der Waals surface area contributed by atoms with E-state index in [0.29, 0.717) is 12.8 Å². The number of rotatable bonds is 1. The number of hydrogen-bond donors (Lipinski definition) is 2. The predicted octanol–water partition coefficient (Wildman–Crippen LogP) is 1.98. The van der Waals surface area contributed by atoms with Crippen LogP contribution in [0.25, 0.3) is 0 Å². The summed E-state index contributed by atoms with van der Waals surface area (Å²) in [5, 5.41) is 20.9. The van der Waals surface area contributed by atoms with E-state index in [2.05, 4.69) is 0 Å². The van der Waals surface area contributed by atoms with Gasteiger partial charge >= 0.3 is 0 Å². The third-order valence-electron chi connectivity index (χ3n) is 3.84. The number of aryl methyl sites for hydroxylation is 1. The number of hydrogen-bond acceptors (Lipinski definition) is 2. The number of fused-ring (bicyclic) bond motifs is 1. The monoisotopic (exact) mass is 206 g/mol. The Bertz CT molecular complexity index is 371. The fourth-order valence-corrected chi connectivity index (χ4v) is 2.57. The summed E-state index contributed by atoms with van der Waals surface area (Å²) in [6.07, 6.45) is 2.05. The Labute approximate surface area is 90.6 Å². The van der Waals surface area contributed by atoms with Crippen LogP contribution in [0.1, 0.15) is 37.8 Å². The van der Waals surface area contributed by atoms with Crippen molar-refractivity contribution in [3.63, 3.8) is 0 Å². The highest BCUT2D eigenvalue weighted by atomic mass is 16.4. The Balaban J connectivity index is 2.54. The number of benzene rings is 1. The summed E-state index contributed by atoms with van der Waals surface area (Å²) < 4.78 is 0. The van der Waals surface area contributed by atoms with Gasteiger partial charge in [0.15, 0.2) is 0 Å². The molecule has 1 aromatic carbocycles. The highest BCUT2D eigenvalue weighted by molar-refractivity contribution is 5.37. The predicted molar refractivity (Wildman–Crippen MR) is 59.6 cm³/mol. The van der Waals surface area contributed by atoms with Gasteiger partial charge in [-0.15, -0.1) is 0 Å². The third kappa shape index (κ3) is 1.40. The first-order valence-corrected chi connectivity index (χ1v) is 5.54. The van der Waals surface area contributed by atoms with Crippen LogP contribution in [0, 0.1) is 0 Å². The lowest BCUT2D eigenvalue weighted by Gasteiger charge is -2.45. The molecule has 0 aromatic heterocycles. The van der Waals surface area contributed by atoms with Gasteiger partial charge in [0, 0.05) is 0 Å². The third-order valence-corrected chi connectivity index (χ3v) is 3.84. The standard InChI is InChI=1S/C13H18O2/c1-3-13(15)9-8-10-6-4-5-7-11(10)12(13,2)14/h4-7,14-15H,3,8-9H2,1-2H3/t12-,13+/m0/s1. The Morgan fingerprint density at radius 2 is 1.93 bits per heavy atom. The van der Waals surface area contributed by atoms with Gasteiger partial charge in [-0.3, -0.25) is 0 Å². The minimum Gasteiger partial charge on any atom is -0.387 e. The SMILES string of the molecule is CC[C@@]1(O)CCc2ccccc2[C@]1(C)O. The Morgan fingerprint density at radius 3 is 2.60 bits per heavy atom. The summed E-state index contributed by atoms with van der Waals surface area (Å²) in [6, 6.07) is 7.83. The molecule has 0 spiro atoms. The summed E-state index contributed by atoms with van der Waals surface area (Å²) in [7, 11) is 0. The lowest BCUT2D eigenvalue weighted by molar-refractivity contribution is -0.159. The van der Waals surface area contributed by atoms with Gasteiger partial charge in [0.1, 0.15) is 5.60 Å². The van der Waals surface area contributed by atoms with Crippen molar-refractivity contribution in [2.24, 2.45) is 0 Å². The molecule has 0 bridgehead atoms. The van der Waals surface area contributed by atoms with E-state index in [9.17, 15) is 10.2 Å². The van der Waals surface area contributed by atoms with E-state index >= 15 is 0 Å². The molecule has 2 heteroatoms. The zero-order valence-electron chi connectivity index (χ0n) is 9.33. The molecule has 0 unspecified atom stereocenters. The van der Waals surface area contributed by atoms with Crippen molar-refractivity contribution in [1.29, 1.82) is 0 Å². The van der Waals surface area contributed by atoms with Gasteiger partial charge in [0.2, 0.25) is 0 Å². The largest absolute Gasteiger partial charge is 0.387 e. The molecule has 2 N–H and O–H groups in total. The molecule has 0 saturated heterocycles. The lowest BCUT2D eigenvalue weighted by atomic mass is 9.68. The first-order chi connectivity index (χ1) is 7.01. The second-order valence-electron chi connectivity index (χ2n) is 4.61. The molecular formula is C13H18O2. The van der Waals surface area contributed by atoms with E-state index in [4.69, 9.17) is 0 Å². The molecule has 1 aromatic rings. The van der Waals surface area contributed by atoms with E-state index in [-0.39, 0.29) is 0 Å². The fraction of sp³-hybridized carbons (Fsp3) is 0.538. The van der Waals surface area contributed by atoms with Crippen LogP contribution in [0.15, 0.2) is 24.3 Å². The summed E-state index contributed by atoms with van der Waals surface area (Å²) >= 11 is 0. The molecule has 1 aliphatic carbocycles. The first kappa shape index (κ1) is 10.7. The van der Waals surface area contributed by atoms with Gasteiger partial charge in [0.05, 0.1) is 5.60 Å². The van der Waals surface area contributed by atoms with Crippen molar-refractivity contribution < 1.29 is 10.2 Å².